The molecule has 0 aliphatic carbocycles. The highest BCUT2D eigenvalue weighted by molar-refractivity contribution is 6.39. The summed E-state index contributed by atoms with van der Waals surface area (Å²) in [5.74, 6) is 1.08. The van der Waals surface area contributed by atoms with Crippen LogP contribution in [0.3, 0.4) is 0 Å². The average molecular weight is 317 g/mol. The molecular weight excluding hydrogens is 303 g/mol. The molecule has 1 aromatic heterocycles. The van der Waals surface area contributed by atoms with E-state index in [2.05, 4.69) is 0 Å². The molecule has 0 fully saturated rings. The van der Waals surface area contributed by atoms with Crippen molar-refractivity contribution < 1.29 is 18.5 Å². The van der Waals surface area contributed by atoms with Crippen molar-refractivity contribution in [1.82, 2.24) is 0 Å². The first-order valence-electron chi connectivity index (χ1n) is 7.35. The summed E-state index contributed by atoms with van der Waals surface area (Å²) in [5, 5.41) is 8.84. The molecule has 1 heterocycles. The topological polar surface area (TPSA) is 55.4 Å². The zero-order chi connectivity index (χ0) is 16.6. The quantitative estimate of drug-likeness (QED) is 0.398. The van der Waals surface area contributed by atoms with E-state index >= 15 is 0 Å². The second kappa shape index (κ2) is 7.70. The van der Waals surface area contributed by atoms with Gasteiger partial charge in [-0.1, -0.05) is 36.4 Å². The van der Waals surface area contributed by atoms with Gasteiger partial charge >= 0.3 is 7.32 Å². The molecule has 5 nitrogen and oxygen atoms in total. The van der Waals surface area contributed by atoms with Gasteiger partial charge in [-0.05, 0) is 18.2 Å². The first-order valence-corrected chi connectivity index (χ1v) is 7.35. The highest BCUT2D eigenvalue weighted by Crippen LogP contribution is 2.20. The highest BCUT2D eigenvalue weighted by atomic mass is 16.7. The Morgan fingerprint density at radius 2 is 1.46 bits per heavy atom. The summed E-state index contributed by atoms with van der Waals surface area (Å²) in [6.07, 6.45) is 5.42. The summed E-state index contributed by atoms with van der Waals surface area (Å²) >= 11 is 0. The Morgan fingerprint density at radius 3 is 2.21 bits per heavy atom. The van der Waals surface area contributed by atoms with Gasteiger partial charge in [0.25, 0.3) is 11.9 Å². The lowest BCUT2D eigenvalue weighted by molar-refractivity contribution is -0.596. The van der Waals surface area contributed by atoms with E-state index < -0.39 is 7.32 Å². The number of pyridine rings is 1. The fraction of sp³-hybridized carbons (Fsp3) is 0. The van der Waals surface area contributed by atoms with E-state index in [0.717, 1.165) is 5.69 Å². The first kappa shape index (κ1) is 15.4. The number of hydrogen-bond donors (Lipinski definition) is 0. The SMILES string of the molecule is N#COB(Oc1ccccc1)Oc1ccccc1-[n+]1ccccc1. The van der Waals surface area contributed by atoms with E-state index in [4.69, 9.17) is 19.2 Å². The summed E-state index contributed by atoms with van der Waals surface area (Å²) in [6, 6.07) is 22.2. The van der Waals surface area contributed by atoms with E-state index in [9.17, 15) is 0 Å². The minimum atomic E-state index is -1.18. The Morgan fingerprint density at radius 1 is 0.792 bits per heavy atom. The van der Waals surface area contributed by atoms with Gasteiger partial charge in [0, 0.05) is 18.2 Å². The number of nitriles is 1. The molecule has 0 saturated carbocycles. The minimum Gasteiger partial charge on any atom is -0.489 e. The van der Waals surface area contributed by atoms with Crippen LogP contribution in [0.2, 0.25) is 0 Å². The van der Waals surface area contributed by atoms with Gasteiger partial charge in [0.05, 0.1) is 0 Å². The molecule has 0 unspecified atom stereocenters. The van der Waals surface area contributed by atoms with Crippen molar-refractivity contribution in [1.29, 1.82) is 5.26 Å². The van der Waals surface area contributed by atoms with Gasteiger partial charge in [0.2, 0.25) is 0 Å². The molecule has 0 atom stereocenters. The molecule has 0 bridgehead atoms. The molecule has 0 saturated heterocycles. The van der Waals surface area contributed by atoms with Crippen LogP contribution in [-0.2, 0) is 4.65 Å². The second-order valence-electron chi connectivity index (χ2n) is 4.80. The molecule has 0 amide bonds. The third-order valence-corrected chi connectivity index (χ3v) is 3.21. The third-order valence-electron chi connectivity index (χ3n) is 3.21. The van der Waals surface area contributed by atoms with Crippen molar-refractivity contribution in [2.45, 2.75) is 0 Å². The lowest BCUT2D eigenvalue weighted by Gasteiger charge is -2.13. The molecule has 116 valence electrons. The number of hydrogen-bond acceptors (Lipinski definition) is 4. The predicted octanol–water partition coefficient (Wildman–Crippen LogP) is 2.90. The van der Waals surface area contributed by atoms with Crippen LogP contribution >= 0.6 is 0 Å². The number of benzene rings is 2. The van der Waals surface area contributed by atoms with E-state index in [1.54, 1.807) is 24.5 Å². The number of nitrogens with zero attached hydrogens (tertiary/aromatic N) is 2. The number of para-hydroxylation sites is 3. The van der Waals surface area contributed by atoms with E-state index in [-0.39, 0.29) is 0 Å². The van der Waals surface area contributed by atoms with Gasteiger partial charge in [-0.3, -0.25) is 0 Å². The van der Waals surface area contributed by atoms with Crippen LogP contribution in [0.5, 0.6) is 11.5 Å². The van der Waals surface area contributed by atoms with E-state index in [1.807, 2.05) is 71.6 Å². The van der Waals surface area contributed by atoms with Crippen molar-refractivity contribution in [2.24, 2.45) is 0 Å². The fourth-order valence-electron chi connectivity index (χ4n) is 2.16. The zero-order valence-corrected chi connectivity index (χ0v) is 12.8. The van der Waals surface area contributed by atoms with Gasteiger partial charge in [-0.25, -0.2) is 0 Å². The van der Waals surface area contributed by atoms with Gasteiger partial charge < -0.3 is 14.0 Å². The van der Waals surface area contributed by atoms with E-state index in [0.29, 0.717) is 11.5 Å². The summed E-state index contributed by atoms with van der Waals surface area (Å²) < 4.78 is 18.1. The van der Waals surface area contributed by atoms with Crippen LogP contribution in [0.15, 0.2) is 85.2 Å². The highest BCUT2D eigenvalue weighted by Gasteiger charge is 2.32. The van der Waals surface area contributed by atoms with Crippen LogP contribution in [0, 0.1) is 11.5 Å². The largest absolute Gasteiger partial charge is 0.874 e. The number of aromatic nitrogens is 1. The van der Waals surface area contributed by atoms with Crippen LogP contribution in [0.1, 0.15) is 0 Å². The smallest absolute Gasteiger partial charge is 0.489 e. The molecule has 0 aliphatic rings. The molecule has 24 heavy (non-hydrogen) atoms. The summed E-state index contributed by atoms with van der Waals surface area (Å²) in [5.41, 5.74) is 0.807. The van der Waals surface area contributed by atoms with Crippen LogP contribution in [0.25, 0.3) is 5.69 Å². The Labute approximate surface area is 140 Å². The van der Waals surface area contributed by atoms with E-state index in [1.165, 1.54) is 0 Å². The molecule has 6 heteroatoms. The van der Waals surface area contributed by atoms with Crippen molar-refractivity contribution in [3.05, 3.63) is 85.2 Å². The molecule has 0 N–H and O–H groups in total. The first-order chi connectivity index (χ1) is 11.9. The lowest BCUT2D eigenvalue weighted by atomic mass is 10.2. The molecule has 3 aromatic rings. The molecule has 0 aliphatic heterocycles. The average Bonchev–Trinajstić information content (AvgIpc) is 2.64. The van der Waals surface area contributed by atoms with Crippen molar-refractivity contribution in [2.75, 3.05) is 0 Å². The Balaban J connectivity index is 1.84. The lowest BCUT2D eigenvalue weighted by Crippen LogP contribution is -2.35. The molecule has 0 spiro atoms. The maximum absolute atomic E-state index is 8.84. The predicted molar refractivity (Wildman–Crippen MR) is 88.1 cm³/mol. The van der Waals surface area contributed by atoms with Crippen molar-refractivity contribution in [3.8, 4) is 23.4 Å². The maximum Gasteiger partial charge on any atom is 0.874 e. The van der Waals surface area contributed by atoms with Crippen LogP contribution in [-0.4, -0.2) is 7.32 Å². The minimum absolute atomic E-state index is 0.532. The number of rotatable bonds is 6. The van der Waals surface area contributed by atoms with Gasteiger partial charge in [-0.2, -0.15) is 9.83 Å². The normalized spacial score (nSPS) is 9.62. The van der Waals surface area contributed by atoms with Gasteiger partial charge in [-0.15, -0.1) is 0 Å². The van der Waals surface area contributed by atoms with Gasteiger partial charge in [0.1, 0.15) is 5.75 Å². The van der Waals surface area contributed by atoms with Crippen molar-refractivity contribution in [3.63, 3.8) is 0 Å². The maximum atomic E-state index is 8.84. The monoisotopic (exact) mass is 317 g/mol. The Bertz CT molecular complexity index is 822. The molecule has 2 aromatic carbocycles. The second-order valence-corrected chi connectivity index (χ2v) is 4.80. The molecular formula is C18H14BN2O3+. The third kappa shape index (κ3) is 3.84. The molecule has 3 rings (SSSR count). The summed E-state index contributed by atoms with van der Waals surface area (Å²) in [7, 11) is -1.18. The summed E-state index contributed by atoms with van der Waals surface area (Å²) in [6.45, 7) is 0. The van der Waals surface area contributed by atoms with Crippen LogP contribution < -0.4 is 13.9 Å². The Hall–Kier alpha value is -3.46. The fourth-order valence-corrected chi connectivity index (χ4v) is 2.16. The summed E-state index contributed by atoms with van der Waals surface area (Å²) in [4.78, 5) is 0. The zero-order valence-electron chi connectivity index (χ0n) is 12.8. The Kier molecular flexibility index (Phi) is 4.95. The van der Waals surface area contributed by atoms with Crippen molar-refractivity contribution >= 4 is 7.32 Å². The molecule has 0 radical (unpaired) electrons. The standard InChI is InChI=1S/C18H14BN2O3/c20-15-22-19(23-16-9-3-1-4-10-16)24-18-12-6-5-11-17(18)21-13-7-2-8-14-21/h1-14H/q+1. The van der Waals surface area contributed by atoms with Crippen LogP contribution in [0.4, 0.5) is 0 Å². The van der Waals surface area contributed by atoms with Gasteiger partial charge in [0.15, 0.2) is 18.1 Å².